The van der Waals surface area contributed by atoms with Crippen molar-refractivity contribution < 1.29 is 42.9 Å². The largest absolute Gasteiger partial charge is 0.464 e. The zero-order valence-electron chi connectivity index (χ0n) is 39.7. The average molecular weight is 852 g/mol. The van der Waals surface area contributed by atoms with Crippen LogP contribution in [0.2, 0.25) is 0 Å². The first-order valence-electron chi connectivity index (χ1n) is 25.0. The predicted octanol–water partition coefficient (Wildman–Crippen LogP) is 13.1. The molecule has 60 heavy (non-hydrogen) atoms. The SMILES string of the molecule is CCCCCCCCCCCCCCCCCCCCCC[C@H](OC(C)=O)C(=O)N[C@H](COC(C)=O)[C@H](OC(C)=O)[C@@H](CCCCCCCCCCCCCC)OC(C)=O. The highest BCUT2D eigenvalue weighted by Crippen LogP contribution is 2.21. The van der Waals surface area contributed by atoms with E-state index in [1.807, 2.05) is 0 Å². The van der Waals surface area contributed by atoms with E-state index < -0.39 is 54.1 Å². The topological polar surface area (TPSA) is 134 Å². The summed E-state index contributed by atoms with van der Waals surface area (Å²) in [7, 11) is 0. The van der Waals surface area contributed by atoms with E-state index in [-0.39, 0.29) is 6.61 Å². The van der Waals surface area contributed by atoms with Gasteiger partial charge >= 0.3 is 23.9 Å². The van der Waals surface area contributed by atoms with Crippen LogP contribution in [-0.4, -0.2) is 60.7 Å². The summed E-state index contributed by atoms with van der Waals surface area (Å²) in [4.78, 5) is 62.3. The van der Waals surface area contributed by atoms with E-state index in [2.05, 4.69) is 19.2 Å². The molecule has 0 radical (unpaired) electrons. The van der Waals surface area contributed by atoms with Crippen molar-refractivity contribution in [3.05, 3.63) is 0 Å². The molecule has 10 heteroatoms. The summed E-state index contributed by atoms with van der Waals surface area (Å²) >= 11 is 0. The summed E-state index contributed by atoms with van der Waals surface area (Å²) in [6, 6.07) is -1.04. The Balaban J connectivity index is 4.90. The summed E-state index contributed by atoms with van der Waals surface area (Å²) in [5.41, 5.74) is 0. The lowest BCUT2D eigenvalue weighted by molar-refractivity contribution is -0.172. The molecule has 0 fully saturated rings. The fourth-order valence-electron chi connectivity index (χ4n) is 8.03. The van der Waals surface area contributed by atoms with E-state index in [0.29, 0.717) is 19.3 Å². The zero-order chi connectivity index (χ0) is 44.5. The minimum atomic E-state index is -1.12. The van der Waals surface area contributed by atoms with Crippen LogP contribution in [0.3, 0.4) is 0 Å². The lowest BCUT2D eigenvalue weighted by Gasteiger charge is -2.33. The van der Waals surface area contributed by atoms with Gasteiger partial charge in [-0.2, -0.15) is 0 Å². The van der Waals surface area contributed by atoms with E-state index >= 15 is 0 Å². The summed E-state index contributed by atoms with van der Waals surface area (Å²) in [5.74, 6) is -2.92. The molecule has 0 aromatic heterocycles. The van der Waals surface area contributed by atoms with Crippen molar-refractivity contribution in [2.45, 2.75) is 284 Å². The van der Waals surface area contributed by atoms with Crippen molar-refractivity contribution in [1.29, 1.82) is 0 Å². The van der Waals surface area contributed by atoms with Crippen molar-refractivity contribution in [2.24, 2.45) is 0 Å². The van der Waals surface area contributed by atoms with Crippen LogP contribution in [0.4, 0.5) is 0 Å². The molecule has 0 heterocycles. The van der Waals surface area contributed by atoms with Crippen LogP contribution in [0.25, 0.3) is 0 Å². The van der Waals surface area contributed by atoms with E-state index in [0.717, 1.165) is 44.9 Å². The van der Waals surface area contributed by atoms with Crippen LogP contribution in [-0.2, 0) is 42.9 Å². The van der Waals surface area contributed by atoms with Crippen LogP contribution >= 0.6 is 0 Å². The molecule has 1 amide bonds. The van der Waals surface area contributed by atoms with Crippen LogP contribution in [0, 0.1) is 0 Å². The molecular weight excluding hydrogens is 759 g/mol. The molecule has 0 aliphatic carbocycles. The molecule has 0 saturated carbocycles. The minimum Gasteiger partial charge on any atom is -0.464 e. The highest BCUT2D eigenvalue weighted by molar-refractivity contribution is 5.83. The molecule has 10 nitrogen and oxygen atoms in total. The van der Waals surface area contributed by atoms with Crippen LogP contribution < -0.4 is 5.32 Å². The smallest absolute Gasteiger partial charge is 0.303 e. The molecule has 0 bridgehead atoms. The first-order valence-corrected chi connectivity index (χ1v) is 25.0. The standard InChI is InChI=1S/C50H93NO9/c1-7-9-11-13-15-17-19-21-22-23-24-25-26-27-28-30-32-34-36-38-40-48(59-44(5)54)50(56)51-46(41-57-42(3)52)49(60-45(6)55)47(58-43(4)53)39-37-35-33-31-29-20-18-16-14-12-10-8-2/h46-49H,7-41H2,1-6H3,(H,51,56)/t46-,47-,48+,49+/m1/s1. The van der Waals surface area contributed by atoms with Gasteiger partial charge in [0.2, 0.25) is 0 Å². The fourth-order valence-corrected chi connectivity index (χ4v) is 8.03. The third-order valence-corrected chi connectivity index (χ3v) is 11.4. The van der Waals surface area contributed by atoms with Gasteiger partial charge < -0.3 is 24.3 Å². The van der Waals surface area contributed by atoms with Crippen molar-refractivity contribution in [1.82, 2.24) is 5.32 Å². The van der Waals surface area contributed by atoms with E-state index in [1.165, 1.54) is 182 Å². The number of hydrogen-bond donors (Lipinski definition) is 1. The number of unbranched alkanes of at least 4 members (excludes halogenated alkanes) is 30. The van der Waals surface area contributed by atoms with Gasteiger partial charge in [0.1, 0.15) is 18.8 Å². The normalized spacial score (nSPS) is 13.2. The first kappa shape index (κ1) is 57.3. The number of esters is 4. The molecule has 0 aliphatic heterocycles. The van der Waals surface area contributed by atoms with Gasteiger partial charge in [-0.25, -0.2) is 0 Å². The maximum absolute atomic E-state index is 13.7. The average Bonchev–Trinajstić information content (AvgIpc) is 3.19. The molecule has 0 spiro atoms. The molecular formula is C50H93NO9. The first-order chi connectivity index (χ1) is 29.0. The molecule has 0 aromatic carbocycles. The summed E-state index contributed by atoms with van der Waals surface area (Å²) in [6.07, 6.45) is 37.1. The number of ether oxygens (including phenoxy) is 4. The second kappa shape index (κ2) is 41.7. The monoisotopic (exact) mass is 852 g/mol. The summed E-state index contributed by atoms with van der Waals surface area (Å²) in [5, 5.41) is 2.83. The van der Waals surface area contributed by atoms with Crippen LogP contribution in [0.1, 0.15) is 260 Å². The number of carbonyl (C=O) groups is 5. The van der Waals surface area contributed by atoms with Gasteiger partial charge in [0.15, 0.2) is 12.2 Å². The van der Waals surface area contributed by atoms with Gasteiger partial charge in [0, 0.05) is 27.7 Å². The quantitative estimate of drug-likeness (QED) is 0.0361. The maximum Gasteiger partial charge on any atom is 0.303 e. The number of rotatable bonds is 43. The molecule has 0 unspecified atom stereocenters. The Labute approximate surface area is 367 Å². The number of nitrogens with one attached hydrogen (secondary N) is 1. The Bertz CT molecular complexity index is 1070. The minimum absolute atomic E-state index is 0.318. The van der Waals surface area contributed by atoms with Gasteiger partial charge in [0.25, 0.3) is 5.91 Å². The Morgan fingerprint density at radius 3 is 1.02 bits per heavy atom. The lowest BCUT2D eigenvalue weighted by Crippen LogP contribution is -2.56. The third-order valence-electron chi connectivity index (χ3n) is 11.4. The fraction of sp³-hybridized carbons (Fsp3) is 0.900. The lowest BCUT2D eigenvalue weighted by atomic mass is 9.98. The molecule has 0 rings (SSSR count). The van der Waals surface area contributed by atoms with Crippen molar-refractivity contribution in [3.8, 4) is 0 Å². The summed E-state index contributed by atoms with van der Waals surface area (Å²) in [6.45, 7) is 9.23. The summed E-state index contributed by atoms with van der Waals surface area (Å²) < 4.78 is 22.2. The Morgan fingerprint density at radius 2 is 0.700 bits per heavy atom. The Hall–Kier alpha value is -2.65. The highest BCUT2D eigenvalue weighted by atomic mass is 16.6. The van der Waals surface area contributed by atoms with Gasteiger partial charge in [-0.3, -0.25) is 24.0 Å². The highest BCUT2D eigenvalue weighted by Gasteiger charge is 2.38. The van der Waals surface area contributed by atoms with Crippen LogP contribution in [0.15, 0.2) is 0 Å². The Morgan fingerprint density at radius 1 is 0.383 bits per heavy atom. The van der Waals surface area contributed by atoms with Crippen molar-refractivity contribution in [2.75, 3.05) is 6.61 Å². The molecule has 1 N–H and O–H groups in total. The molecule has 352 valence electrons. The predicted molar refractivity (Wildman–Crippen MR) is 244 cm³/mol. The maximum atomic E-state index is 13.7. The van der Waals surface area contributed by atoms with Crippen LogP contribution in [0.5, 0.6) is 0 Å². The number of amides is 1. The van der Waals surface area contributed by atoms with Gasteiger partial charge in [-0.1, -0.05) is 206 Å². The number of hydrogen-bond acceptors (Lipinski definition) is 9. The van der Waals surface area contributed by atoms with Gasteiger partial charge in [-0.15, -0.1) is 0 Å². The van der Waals surface area contributed by atoms with Gasteiger partial charge in [-0.05, 0) is 25.7 Å². The third kappa shape index (κ3) is 37.1. The second-order valence-corrected chi connectivity index (χ2v) is 17.4. The Kier molecular flexibility index (Phi) is 39.8. The van der Waals surface area contributed by atoms with E-state index in [4.69, 9.17) is 18.9 Å². The van der Waals surface area contributed by atoms with E-state index in [1.54, 1.807) is 0 Å². The number of carbonyl (C=O) groups excluding carboxylic acids is 5. The second-order valence-electron chi connectivity index (χ2n) is 17.4. The molecule has 0 aliphatic rings. The molecule has 0 aromatic rings. The zero-order valence-corrected chi connectivity index (χ0v) is 39.7. The van der Waals surface area contributed by atoms with Crippen molar-refractivity contribution in [3.63, 3.8) is 0 Å². The molecule has 4 atom stereocenters. The van der Waals surface area contributed by atoms with Crippen molar-refractivity contribution >= 4 is 29.8 Å². The molecule has 0 saturated heterocycles. The van der Waals surface area contributed by atoms with Gasteiger partial charge in [0.05, 0.1) is 0 Å². The van der Waals surface area contributed by atoms with E-state index in [9.17, 15) is 24.0 Å².